The molecule has 0 aliphatic carbocycles. The molecule has 4 rings (SSSR count). The summed E-state index contributed by atoms with van der Waals surface area (Å²) in [6.45, 7) is 7.78. The van der Waals surface area contributed by atoms with Crippen LogP contribution in [0.3, 0.4) is 0 Å². The molecule has 2 saturated heterocycles. The van der Waals surface area contributed by atoms with E-state index in [2.05, 4.69) is 9.88 Å². The van der Waals surface area contributed by atoms with Crippen molar-refractivity contribution < 1.29 is 24.5 Å². The van der Waals surface area contributed by atoms with Gasteiger partial charge in [0.2, 0.25) is 0 Å². The lowest BCUT2D eigenvalue weighted by atomic mass is 10.0. The molecule has 3 atom stereocenters. The van der Waals surface area contributed by atoms with E-state index in [0.717, 1.165) is 22.2 Å². The number of aryl methyl sites for hydroxylation is 1. The molecule has 2 aromatic rings. The lowest BCUT2D eigenvalue weighted by Crippen LogP contribution is -2.55. The first-order chi connectivity index (χ1) is 14.5. The number of H-pyrrole nitrogens is 1. The van der Waals surface area contributed by atoms with Crippen LogP contribution in [-0.2, 0) is 4.74 Å². The fraction of sp³-hybridized carbons (Fsp3) is 0.591. The van der Waals surface area contributed by atoms with Crippen LogP contribution < -0.4 is 4.74 Å². The number of aromatic nitrogens is 1. The smallest absolute Gasteiger partial charge is 0.270 e. The first-order valence-electron chi connectivity index (χ1n) is 10.7. The van der Waals surface area contributed by atoms with Crippen molar-refractivity contribution in [3.05, 3.63) is 29.5 Å². The first kappa shape index (κ1) is 21.1. The summed E-state index contributed by atoms with van der Waals surface area (Å²) in [6, 6.07) is 5.46. The summed E-state index contributed by atoms with van der Waals surface area (Å²) in [5.74, 6) is 0.667. The number of ether oxygens (including phenoxy) is 2. The summed E-state index contributed by atoms with van der Waals surface area (Å²) in [5.41, 5.74) is 2.31. The lowest BCUT2D eigenvalue weighted by molar-refractivity contribution is -0.0609. The fourth-order valence-corrected chi connectivity index (χ4v) is 4.50. The summed E-state index contributed by atoms with van der Waals surface area (Å²) in [7, 11) is 0. The van der Waals surface area contributed by atoms with Gasteiger partial charge in [0.25, 0.3) is 5.91 Å². The molecule has 8 heteroatoms. The number of nitrogens with zero attached hydrogens (tertiary/aromatic N) is 2. The van der Waals surface area contributed by atoms with Gasteiger partial charge in [0.1, 0.15) is 11.4 Å². The number of morpholine rings is 1. The van der Waals surface area contributed by atoms with E-state index in [-0.39, 0.29) is 11.9 Å². The van der Waals surface area contributed by atoms with Crippen LogP contribution in [0.4, 0.5) is 0 Å². The molecule has 3 N–H and O–H groups in total. The number of rotatable bonds is 4. The number of aromatic amines is 1. The number of carbonyl (C=O) groups is 1. The van der Waals surface area contributed by atoms with E-state index >= 15 is 0 Å². The number of aliphatic hydroxyl groups is 2. The van der Waals surface area contributed by atoms with E-state index in [0.29, 0.717) is 58.1 Å². The van der Waals surface area contributed by atoms with Crippen molar-refractivity contribution >= 4 is 16.8 Å². The molecule has 0 unspecified atom stereocenters. The highest BCUT2D eigenvalue weighted by molar-refractivity contribution is 6.01. The number of amides is 1. The maximum absolute atomic E-state index is 13.5. The first-order valence-corrected chi connectivity index (χ1v) is 10.7. The molecular weight excluding hydrogens is 386 g/mol. The Labute approximate surface area is 176 Å². The third-order valence-electron chi connectivity index (χ3n) is 6.25. The van der Waals surface area contributed by atoms with Crippen molar-refractivity contribution in [3.8, 4) is 5.75 Å². The van der Waals surface area contributed by atoms with Gasteiger partial charge >= 0.3 is 0 Å². The van der Waals surface area contributed by atoms with Gasteiger partial charge in [-0.1, -0.05) is 0 Å². The Hall–Kier alpha value is -2.13. The Morgan fingerprint density at radius 1 is 1.27 bits per heavy atom. The zero-order valence-corrected chi connectivity index (χ0v) is 17.6. The van der Waals surface area contributed by atoms with Crippen molar-refractivity contribution in [1.82, 2.24) is 14.8 Å². The molecule has 3 heterocycles. The third-order valence-corrected chi connectivity index (χ3v) is 6.25. The largest absolute Gasteiger partial charge is 0.494 e. The van der Waals surface area contributed by atoms with Crippen LogP contribution in [0.25, 0.3) is 10.9 Å². The average Bonchev–Trinajstić information content (AvgIpc) is 3.01. The zero-order chi connectivity index (χ0) is 21.3. The van der Waals surface area contributed by atoms with E-state index < -0.39 is 12.2 Å². The molecule has 0 saturated carbocycles. The average molecular weight is 418 g/mol. The van der Waals surface area contributed by atoms with Gasteiger partial charge in [-0.05, 0) is 44.0 Å². The van der Waals surface area contributed by atoms with Gasteiger partial charge in [0.15, 0.2) is 0 Å². The highest BCUT2D eigenvalue weighted by atomic mass is 16.5. The Kier molecular flexibility index (Phi) is 6.29. The van der Waals surface area contributed by atoms with Gasteiger partial charge in [-0.15, -0.1) is 0 Å². The number of hydrogen-bond donors (Lipinski definition) is 3. The summed E-state index contributed by atoms with van der Waals surface area (Å²) in [5, 5.41) is 22.1. The van der Waals surface area contributed by atoms with Crippen LogP contribution >= 0.6 is 0 Å². The van der Waals surface area contributed by atoms with Gasteiger partial charge in [-0.3, -0.25) is 9.69 Å². The van der Waals surface area contributed by atoms with Gasteiger partial charge in [0.05, 0.1) is 38.1 Å². The molecule has 2 aliphatic heterocycles. The Bertz CT molecular complexity index is 892. The Balaban J connectivity index is 1.60. The molecule has 164 valence electrons. The second-order valence-corrected chi connectivity index (χ2v) is 8.08. The molecule has 8 nitrogen and oxygen atoms in total. The van der Waals surface area contributed by atoms with Crippen molar-refractivity contribution in [3.63, 3.8) is 0 Å². The SMILES string of the molecule is CCOc1ccc2[nH]c(C(=O)N3CC[C@@H](O)[C@@H](O)[C@H](N4CCOCC4)C3)c(C)c2c1. The lowest BCUT2D eigenvalue weighted by Gasteiger charge is -2.38. The van der Waals surface area contributed by atoms with Crippen LogP contribution in [-0.4, -0.2) is 95.2 Å². The predicted octanol–water partition coefficient (Wildman–Crippen LogP) is 1.14. The molecule has 0 spiro atoms. The zero-order valence-electron chi connectivity index (χ0n) is 17.6. The number of hydrogen-bond acceptors (Lipinski definition) is 6. The normalized spacial score (nSPS) is 26.0. The predicted molar refractivity (Wildman–Crippen MR) is 113 cm³/mol. The Morgan fingerprint density at radius 2 is 2.03 bits per heavy atom. The van der Waals surface area contributed by atoms with E-state index in [1.54, 1.807) is 4.90 Å². The summed E-state index contributed by atoms with van der Waals surface area (Å²) in [6.07, 6.45) is -1.40. The summed E-state index contributed by atoms with van der Waals surface area (Å²) < 4.78 is 11.0. The second kappa shape index (κ2) is 8.93. The number of likely N-dealkylation sites (tertiary alicyclic amines) is 1. The standard InChI is InChI=1S/C22H31N3O5/c1-3-30-15-4-5-17-16(12-15)14(2)20(23-17)22(28)25-7-6-19(26)21(27)18(13-25)24-8-10-29-11-9-24/h4-5,12,18-19,21,23,26-27H,3,6-11,13H2,1-2H3/t18-,19-,21+/m1/s1. The molecule has 1 aromatic carbocycles. The molecule has 1 amide bonds. The van der Waals surface area contributed by atoms with Gasteiger partial charge in [-0.2, -0.15) is 0 Å². The van der Waals surface area contributed by atoms with Gasteiger partial charge in [0, 0.05) is 37.1 Å². The monoisotopic (exact) mass is 417 g/mol. The number of aliphatic hydroxyl groups excluding tert-OH is 2. The highest BCUT2D eigenvalue weighted by Gasteiger charge is 2.38. The van der Waals surface area contributed by atoms with E-state index in [1.165, 1.54) is 0 Å². The van der Waals surface area contributed by atoms with E-state index in [1.807, 2.05) is 32.0 Å². The minimum atomic E-state index is -0.890. The van der Waals surface area contributed by atoms with Crippen LogP contribution in [0.2, 0.25) is 0 Å². The molecular formula is C22H31N3O5. The maximum Gasteiger partial charge on any atom is 0.270 e. The van der Waals surface area contributed by atoms with Crippen molar-refractivity contribution in [1.29, 1.82) is 0 Å². The van der Waals surface area contributed by atoms with Crippen LogP contribution in [0, 0.1) is 6.92 Å². The molecule has 30 heavy (non-hydrogen) atoms. The Morgan fingerprint density at radius 3 is 2.77 bits per heavy atom. The van der Waals surface area contributed by atoms with Crippen LogP contribution in [0.1, 0.15) is 29.4 Å². The van der Waals surface area contributed by atoms with Gasteiger partial charge in [-0.25, -0.2) is 0 Å². The van der Waals surface area contributed by atoms with Crippen molar-refractivity contribution in [2.75, 3.05) is 46.0 Å². The second-order valence-electron chi connectivity index (χ2n) is 8.08. The third kappa shape index (κ3) is 4.05. The van der Waals surface area contributed by atoms with Crippen molar-refractivity contribution in [2.24, 2.45) is 0 Å². The van der Waals surface area contributed by atoms with Gasteiger partial charge < -0.3 is 29.6 Å². The molecule has 1 aromatic heterocycles. The summed E-state index contributed by atoms with van der Waals surface area (Å²) >= 11 is 0. The molecule has 2 aliphatic rings. The minimum absolute atomic E-state index is 0.110. The van der Waals surface area contributed by atoms with E-state index in [9.17, 15) is 15.0 Å². The number of fused-ring (bicyclic) bond motifs is 1. The number of nitrogens with one attached hydrogen (secondary N) is 1. The van der Waals surface area contributed by atoms with Crippen LogP contribution in [0.15, 0.2) is 18.2 Å². The number of benzene rings is 1. The summed E-state index contributed by atoms with van der Waals surface area (Å²) in [4.78, 5) is 20.6. The minimum Gasteiger partial charge on any atom is -0.494 e. The fourth-order valence-electron chi connectivity index (χ4n) is 4.50. The number of carbonyl (C=O) groups excluding carboxylic acids is 1. The highest BCUT2D eigenvalue weighted by Crippen LogP contribution is 2.28. The molecule has 0 bridgehead atoms. The molecule has 0 radical (unpaired) electrons. The van der Waals surface area contributed by atoms with E-state index in [4.69, 9.17) is 9.47 Å². The topological polar surface area (TPSA) is 98.3 Å². The van der Waals surface area contributed by atoms with Crippen LogP contribution in [0.5, 0.6) is 5.75 Å². The quantitative estimate of drug-likeness (QED) is 0.690. The maximum atomic E-state index is 13.5. The molecule has 2 fully saturated rings. The van der Waals surface area contributed by atoms with Crippen molar-refractivity contribution in [2.45, 2.75) is 38.5 Å².